The van der Waals surface area contributed by atoms with Gasteiger partial charge in [0.25, 0.3) is 0 Å². The van der Waals surface area contributed by atoms with Crippen LogP contribution in [-0.4, -0.2) is 32.3 Å². The highest BCUT2D eigenvalue weighted by Gasteiger charge is 2.10. The summed E-state index contributed by atoms with van der Waals surface area (Å²) in [6.07, 6.45) is 6.83. The van der Waals surface area contributed by atoms with Gasteiger partial charge in [0.15, 0.2) is 17.5 Å². The van der Waals surface area contributed by atoms with E-state index in [1.165, 1.54) is 0 Å². The Labute approximate surface area is 182 Å². The second-order valence-electron chi connectivity index (χ2n) is 5.99. The predicted molar refractivity (Wildman–Crippen MR) is 122 cm³/mol. The molecule has 0 amide bonds. The number of benzene rings is 2. The molecule has 0 saturated heterocycles. The second kappa shape index (κ2) is 11.3. The van der Waals surface area contributed by atoms with E-state index in [0.29, 0.717) is 25.7 Å². The lowest BCUT2D eigenvalue weighted by Crippen LogP contribution is -2.23. The minimum atomic E-state index is 0. The molecule has 3 rings (SSSR count). The zero-order valence-electron chi connectivity index (χ0n) is 15.5. The van der Waals surface area contributed by atoms with Gasteiger partial charge in [0.05, 0.1) is 13.2 Å². The summed E-state index contributed by atoms with van der Waals surface area (Å²) in [6, 6.07) is 13.4. The number of aliphatic imine (C=N–C) groups is 1. The van der Waals surface area contributed by atoms with Crippen LogP contribution in [0.15, 0.2) is 47.5 Å². The Balaban J connectivity index is 0.00000280. The van der Waals surface area contributed by atoms with Crippen LogP contribution in [0, 0.1) is 12.3 Å². The quantitative estimate of drug-likeness (QED) is 0.279. The molecule has 0 atom stereocenters. The first-order valence-electron chi connectivity index (χ1n) is 8.86. The van der Waals surface area contributed by atoms with Gasteiger partial charge < -0.3 is 25.3 Å². The topological polar surface area (TPSA) is 78.1 Å². The number of terminal acetylenes is 1. The standard InChI is InChI=1S/C21H23N3O3.HI/c1-2-12-25-18-7-4-16(5-8-18)10-11-23-21(22)24-17-6-9-19-20(15-17)27-14-3-13-26-19;/h1,4-9,15H,3,10-14H2,(H3,22,23,24);1H. The van der Waals surface area contributed by atoms with Crippen LogP contribution < -0.4 is 25.3 Å². The summed E-state index contributed by atoms with van der Waals surface area (Å²) in [4.78, 5) is 4.37. The van der Waals surface area contributed by atoms with Crippen LogP contribution >= 0.6 is 24.0 Å². The smallest absolute Gasteiger partial charge is 0.193 e. The van der Waals surface area contributed by atoms with E-state index in [2.05, 4.69) is 16.2 Å². The molecule has 148 valence electrons. The maximum Gasteiger partial charge on any atom is 0.193 e. The molecule has 0 fully saturated rings. The van der Waals surface area contributed by atoms with E-state index >= 15 is 0 Å². The van der Waals surface area contributed by atoms with E-state index in [-0.39, 0.29) is 30.6 Å². The first kappa shape index (κ1) is 21.7. The van der Waals surface area contributed by atoms with Gasteiger partial charge in [-0.3, -0.25) is 4.99 Å². The van der Waals surface area contributed by atoms with Crippen LogP contribution in [0.25, 0.3) is 0 Å². The molecule has 7 heteroatoms. The summed E-state index contributed by atoms with van der Waals surface area (Å²) in [6.45, 7) is 2.16. The zero-order chi connectivity index (χ0) is 18.9. The van der Waals surface area contributed by atoms with Gasteiger partial charge in [-0.25, -0.2) is 0 Å². The van der Waals surface area contributed by atoms with E-state index in [1.807, 2.05) is 42.5 Å². The van der Waals surface area contributed by atoms with Crippen molar-refractivity contribution < 1.29 is 14.2 Å². The first-order chi connectivity index (χ1) is 13.2. The Bertz CT molecular complexity index is 832. The molecule has 1 aliphatic rings. The SMILES string of the molecule is C#CCOc1ccc(CCN=C(N)Nc2ccc3c(c2)OCCCO3)cc1.I. The highest BCUT2D eigenvalue weighted by atomic mass is 127. The van der Waals surface area contributed by atoms with Crippen molar-refractivity contribution in [3.63, 3.8) is 0 Å². The highest BCUT2D eigenvalue weighted by molar-refractivity contribution is 14.0. The number of nitrogens with one attached hydrogen (secondary N) is 1. The third kappa shape index (κ3) is 6.53. The molecule has 0 aromatic heterocycles. The number of nitrogens with zero attached hydrogens (tertiary/aromatic N) is 1. The number of nitrogens with two attached hydrogens (primary N) is 1. The van der Waals surface area contributed by atoms with Crippen molar-refractivity contribution in [3.8, 4) is 29.6 Å². The Hall–Kier alpha value is -2.60. The van der Waals surface area contributed by atoms with Crippen molar-refractivity contribution >= 4 is 35.6 Å². The number of guanidine groups is 1. The van der Waals surface area contributed by atoms with Crippen LogP contribution in [0.5, 0.6) is 17.2 Å². The summed E-state index contributed by atoms with van der Waals surface area (Å²) in [5.74, 6) is 5.03. The minimum absolute atomic E-state index is 0. The van der Waals surface area contributed by atoms with Gasteiger partial charge in [0, 0.05) is 24.7 Å². The Morgan fingerprint density at radius 2 is 1.89 bits per heavy atom. The van der Waals surface area contributed by atoms with E-state index in [9.17, 15) is 0 Å². The maximum atomic E-state index is 5.98. The van der Waals surface area contributed by atoms with Crippen molar-refractivity contribution in [1.82, 2.24) is 0 Å². The lowest BCUT2D eigenvalue weighted by molar-refractivity contribution is 0.297. The number of fused-ring (bicyclic) bond motifs is 1. The molecule has 0 radical (unpaired) electrons. The molecule has 1 heterocycles. The van der Waals surface area contributed by atoms with Gasteiger partial charge in [-0.1, -0.05) is 18.1 Å². The Kier molecular flexibility index (Phi) is 8.75. The summed E-state index contributed by atoms with van der Waals surface area (Å²) in [5.41, 5.74) is 7.95. The second-order valence-corrected chi connectivity index (χ2v) is 5.99. The Morgan fingerprint density at radius 3 is 2.64 bits per heavy atom. The average molecular weight is 493 g/mol. The van der Waals surface area contributed by atoms with Gasteiger partial charge in [0.2, 0.25) is 0 Å². The minimum Gasteiger partial charge on any atom is -0.490 e. The maximum absolute atomic E-state index is 5.98. The molecule has 0 bridgehead atoms. The number of hydrogen-bond acceptors (Lipinski definition) is 4. The van der Waals surface area contributed by atoms with Crippen molar-refractivity contribution in [1.29, 1.82) is 0 Å². The van der Waals surface area contributed by atoms with Crippen LogP contribution in [0.1, 0.15) is 12.0 Å². The fraction of sp³-hybridized carbons (Fsp3) is 0.286. The lowest BCUT2D eigenvalue weighted by Gasteiger charge is -2.10. The first-order valence-corrected chi connectivity index (χ1v) is 8.86. The van der Waals surface area contributed by atoms with E-state index in [1.54, 1.807) is 0 Å². The summed E-state index contributed by atoms with van der Waals surface area (Å²) in [5, 5.41) is 3.08. The van der Waals surface area contributed by atoms with Gasteiger partial charge in [-0.05, 0) is 36.2 Å². The summed E-state index contributed by atoms with van der Waals surface area (Å²) < 4.78 is 16.7. The van der Waals surface area contributed by atoms with Gasteiger partial charge >= 0.3 is 0 Å². The molecule has 0 spiro atoms. The van der Waals surface area contributed by atoms with Crippen molar-refractivity contribution in [2.45, 2.75) is 12.8 Å². The zero-order valence-corrected chi connectivity index (χ0v) is 17.8. The van der Waals surface area contributed by atoms with Crippen LogP contribution in [0.2, 0.25) is 0 Å². The van der Waals surface area contributed by atoms with Crippen molar-refractivity contribution in [2.75, 3.05) is 31.7 Å². The predicted octanol–water partition coefficient (Wildman–Crippen LogP) is 3.45. The fourth-order valence-corrected chi connectivity index (χ4v) is 2.61. The number of hydrogen-bond donors (Lipinski definition) is 2. The lowest BCUT2D eigenvalue weighted by atomic mass is 10.1. The van der Waals surface area contributed by atoms with E-state index < -0.39 is 0 Å². The summed E-state index contributed by atoms with van der Waals surface area (Å²) >= 11 is 0. The monoisotopic (exact) mass is 493 g/mol. The number of halogens is 1. The molecule has 2 aromatic carbocycles. The molecule has 3 N–H and O–H groups in total. The molecule has 0 aliphatic carbocycles. The van der Waals surface area contributed by atoms with Gasteiger partial charge in [-0.15, -0.1) is 30.4 Å². The van der Waals surface area contributed by atoms with Crippen LogP contribution in [0.3, 0.4) is 0 Å². The van der Waals surface area contributed by atoms with Gasteiger partial charge in [-0.2, -0.15) is 0 Å². The van der Waals surface area contributed by atoms with Crippen molar-refractivity contribution in [3.05, 3.63) is 48.0 Å². The van der Waals surface area contributed by atoms with E-state index in [4.69, 9.17) is 26.4 Å². The summed E-state index contributed by atoms with van der Waals surface area (Å²) in [7, 11) is 0. The number of ether oxygens (including phenoxy) is 3. The normalized spacial score (nSPS) is 12.9. The average Bonchev–Trinajstić information content (AvgIpc) is 2.92. The van der Waals surface area contributed by atoms with Gasteiger partial charge in [0.1, 0.15) is 12.4 Å². The molecule has 0 saturated carbocycles. The van der Waals surface area contributed by atoms with Crippen LogP contribution in [0.4, 0.5) is 5.69 Å². The fourth-order valence-electron chi connectivity index (χ4n) is 2.61. The largest absolute Gasteiger partial charge is 0.490 e. The van der Waals surface area contributed by atoms with Crippen LogP contribution in [-0.2, 0) is 6.42 Å². The molecular weight excluding hydrogens is 469 g/mol. The molecule has 1 aliphatic heterocycles. The number of rotatable bonds is 6. The highest BCUT2D eigenvalue weighted by Crippen LogP contribution is 2.32. The van der Waals surface area contributed by atoms with Crippen molar-refractivity contribution in [2.24, 2.45) is 10.7 Å². The molecular formula is C21H24IN3O3. The van der Waals surface area contributed by atoms with E-state index in [0.717, 1.165) is 41.3 Å². The molecule has 28 heavy (non-hydrogen) atoms. The third-order valence-electron chi connectivity index (χ3n) is 3.95. The molecule has 6 nitrogen and oxygen atoms in total. The Morgan fingerprint density at radius 1 is 1.14 bits per heavy atom. The molecule has 0 unspecified atom stereocenters. The number of anilines is 1. The third-order valence-corrected chi connectivity index (χ3v) is 3.95. The molecule has 2 aromatic rings.